The SMILES string of the molecule is CC(Cc1ccccc1)NC(=O)Cc1ccc(C#N)cc1. The fraction of sp³-hybridized carbons (Fsp3) is 0.222. The Morgan fingerprint density at radius 1 is 1.10 bits per heavy atom. The van der Waals surface area contributed by atoms with E-state index in [-0.39, 0.29) is 11.9 Å². The van der Waals surface area contributed by atoms with Gasteiger partial charge in [0, 0.05) is 6.04 Å². The molecule has 3 heteroatoms. The quantitative estimate of drug-likeness (QED) is 0.914. The third kappa shape index (κ3) is 4.77. The number of nitriles is 1. The van der Waals surface area contributed by atoms with Crippen LogP contribution in [0.4, 0.5) is 0 Å². The zero-order valence-electron chi connectivity index (χ0n) is 12.0. The number of benzene rings is 2. The summed E-state index contributed by atoms with van der Waals surface area (Å²) in [6.07, 6.45) is 1.16. The van der Waals surface area contributed by atoms with Crippen molar-refractivity contribution in [3.05, 3.63) is 71.3 Å². The van der Waals surface area contributed by atoms with E-state index in [1.807, 2.05) is 37.3 Å². The number of amides is 1. The standard InChI is InChI=1S/C18H18N2O/c1-14(11-15-5-3-2-4-6-15)20-18(21)12-16-7-9-17(13-19)10-8-16/h2-10,14H,11-12H2,1H3,(H,20,21). The molecule has 0 aliphatic rings. The first-order chi connectivity index (χ1) is 10.2. The summed E-state index contributed by atoms with van der Waals surface area (Å²) in [6.45, 7) is 2.00. The van der Waals surface area contributed by atoms with Crippen LogP contribution >= 0.6 is 0 Å². The molecule has 0 fully saturated rings. The monoisotopic (exact) mass is 278 g/mol. The van der Waals surface area contributed by atoms with Crippen LogP contribution in [0.3, 0.4) is 0 Å². The van der Waals surface area contributed by atoms with E-state index in [9.17, 15) is 4.79 Å². The first-order valence-corrected chi connectivity index (χ1v) is 6.99. The van der Waals surface area contributed by atoms with Gasteiger partial charge in [0.15, 0.2) is 0 Å². The molecule has 1 N–H and O–H groups in total. The summed E-state index contributed by atoms with van der Waals surface area (Å²) in [6, 6.07) is 19.4. The molecule has 2 aromatic rings. The zero-order valence-corrected chi connectivity index (χ0v) is 12.0. The van der Waals surface area contributed by atoms with Crippen LogP contribution < -0.4 is 5.32 Å². The third-order valence-electron chi connectivity index (χ3n) is 3.24. The minimum absolute atomic E-state index is 0.00291. The van der Waals surface area contributed by atoms with Gasteiger partial charge in [-0.15, -0.1) is 0 Å². The van der Waals surface area contributed by atoms with Gasteiger partial charge in [0.2, 0.25) is 5.91 Å². The highest BCUT2D eigenvalue weighted by Crippen LogP contribution is 2.06. The van der Waals surface area contributed by atoms with E-state index in [1.165, 1.54) is 5.56 Å². The van der Waals surface area contributed by atoms with Gasteiger partial charge in [-0.1, -0.05) is 42.5 Å². The Labute approximate surface area is 125 Å². The molecule has 0 aromatic heterocycles. The largest absolute Gasteiger partial charge is 0.353 e. The summed E-state index contributed by atoms with van der Waals surface area (Å²) in [5.74, 6) is 0.00291. The normalized spacial score (nSPS) is 11.4. The Morgan fingerprint density at radius 3 is 2.38 bits per heavy atom. The molecule has 0 radical (unpaired) electrons. The van der Waals surface area contributed by atoms with Gasteiger partial charge in [-0.2, -0.15) is 5.26 Å². The van der Waals surface area contributed by atoms with Crippen molar-refractivity contribution in [2.24, 2.45) is 0 Å². The molecule has 0 heterocycles. The number of nitrogens with zero attached hydrogens (tertiary/aromatic N) is 1. The maximum Gasteiger partial charge on any atom is 0.224 e. The van der Waals surface area contributed by atoms with Gasteiger partial charge >= 0.3 is 0 Å². The van der Waals surface area contributed by atoms with Crippen molar-refractivity contribution in [3.8, 4) is 6.07 Å². The molecule has 0 saturated carbocycles. The van der Waals surface area contributed by atoms with Crippen LogP contribution in [0, 0.1) is 11.3 Å². The Bertz CT molecular complexity index is 627. The predicted molar refractivity (Wildman–Crippen MR) is 82.6 cm³/mol. The average molecular weight is 278 g/mol. The number of hydrogen-bond donors (Lipinski definition) is 1. The molecule has 1 unspecified atom stereocenters. The number of rotatable bonds is 5. The van der Waals surface area contributed by atoms with E-state index in [4.69, 9.17) is 5.26 Å². The lowest BCUT2D eigenvalue weighted by Gasteiger charge is -2.14. The maximum atomic E-state index is 12.0. The average Bonchev–Trinajstić information content (AvgIpc) is 2.48. The van der Waals surface area contributed by atoms with E-state index in [2.05, 4.69) is 23.5 Å². The highest BCUT2D eigenvalue weighted by atomic mass is 16.1. The summed E-state index contributed by atoms with van der Waals surface area (Å²) in [7, 11) is 0. The Kier molecular flexibility index (Phi) is 5.11. The molecule has 0 aliphatic heterocycles. The highest BCUT2D eigenvalue weighted by Gasteiger charge is 2.09. The first kappa shape index (κ1) is 14.8. The molecule has 21 heavy (non-hydrogen) atoms. The van der Waals surface area contributed by atoms with E-state index < -0.39 is 0 Å². The lowest BCUT2D eigenvalue weighted by Crippen LogP contribution is -2.35. The predicted octanol–water partition coefficient (Wildman–Crippen LogP) is 2.85. The fourth-order valence-electron chi connectivity index (χ4n) is 2.23. The molecular weight excluding hydrogens is 260 g/mol. The van der Waals surface area contributed by atoms with Gasteiger partial charge in [0.25, 0.3) is 0 Å². The maximum absolute atomic E-state index is 12.0. The lowest BCUT2D eigenvalue weighted by atomic mass is 10.1. The minimum atomic E-state index is 0.00291. The zero-order chi connectivity index (χ0) is 15.1. The third-order valence-corrected chi connectivity index (χ3v) is 3.24. The van der Waals surface area contributed by atoms with E-state index in [1.54, 1.807) is 12.1 Å². The van der Waals surface area contributed by atoms with Gasteiger partial charge < -0.3 is 5.32 Å². The van der Waals surface area contributed by atoms with Crippen LogP contribution in [-0.4, -0.2) is 11.9 Å². The van der Waals surface area contributed by atoms with E-state index >= 15 is 0 Å². The highest BCUT2D eigenvalue weighted by molar-refractivity contribution is 5.78. The molecule has 0 saturated heterocycles. The first-order valence-electron chi connectivity index (χ1n) is 6.99. The Balaban J connectivity index is 1.85. The number of carbonyl (C=O) groups is 1. The summed E-state index contributed by atoms with van der Waals surface area (Å²) in [5, 5.41) is 11.7. The molecule has 0 bridgehead atoms. The second kappa shape index (κ2) is 7.25. The molecule has 1 atom stereocenters. The van der Waals surface area contributed by atoms with Crippen molar-refractivity contribution in [2.75, 3.05) is 0 Å². The summed E-state index contributed by atoms with van der Waals surface area (Å²) >= 11 is 0. The van der Waals surface area contributed by atoms with Crippen LogP contribution in [0.5, 0.6) is 0 Å². The second-order valence-corrected chi connectivity index (χ2v) is 5.14. The molecule has 106 valence electrons. The van der Waals surface area contributed by atoms with Crippen molar-refractivity contribution in [2.45, 2.75) is 25.8 Å². The second-order valence-electron chi connectivity index (χ2n) is 5.14. The van der Waals surface area contributed by atoms with E-state index in [0.717, 1.165) is 12.0 Å². The number of hydrogen-bond acceptors (Lipinski definition) is 2. The summed E-state index contributed by atoms with van der Waals surface area (Å²) in [4.78, 5) is 12.0. The van der Waals surface area contributed by atoms with Crippen molar-refractivity contribution in [1.29, 1.82) is 5.26 Å². The van der Waals surface area contributed by atoms with Crippen LogP contribution in [0.25, 0.3) is 0 Å². The summed E-state index contributed by atoms with van der Waals surface area (Å²) in [5.41, 5.74) is 2.73. The van der Waals surface area contributed by atoms with Gasteiger partial charge in [-0.3, -0.25) is 4.79 Å². The summed E-state index contributed by atoms with van der Waals surface area (Å²) < 4.78 is 0. The molecule has 2 rings (SSSR count). The number of carbonyl (C=O) groups excluding carboxylic acids is 1. The van der Waals surface area contributed by atoms with Crippen LogP contribution in [0.2, 0.25) is 0 Å². The van der Waals surface area contributed by atoms with Crippen LogP contribution in [0.1, 0.15) is 23.6 Å². The van der Waals surface area contributed by atoms with Gasteiger partial charge in [0.05, 0.1) is 18.1 Å². The van der Waals surface area contributed by atoms with Gasteiger partial charge in [-0.05, 0) is 36.6 Å². The molecular formula is C18H18N2O. The lowest BCUT2D eigenvalue weighted by molar-refractivity contribution is -0.121. The molecule has 0 spiro atoms. The van der Waals surface area contributed by atoms with Crippen molar-refractivity contribution in [1.82, 2.24) is 5.32 Å². The minimum Gasteiger partial charge on any atom is -0.353 e. The topological polar surface area (TPSA) is 52.9 Å². The van der Waals surface area contributed by atoms with Crippen molar-refractivity contribution >= 4 is 5.91 Å². The molecule has 2 aromatic carbocycles. The molecule has 0 aliphatic carbocycles. The molecule has 3 nitrogen and oxygen atoms in total. The smallest absolute Gasteiger partial charge is 0.224 e. The van der Waals surface area contributed by atoms with Crippen molar-refractivity contribution in [3.63, 3.8) is 0 Å². The van der Waals surface area contributed by atoms with Gasteiger partial charge in [-0.25, -0.2) is 0 Å². The van der Waals surface area contributed by atoms with E-state index in [0.29, 0.717) is 12.0 Å². The Hall–Kier alpha value is -2.60. The fourth-order valence-corrected chi connectivity index (χ4v) is 2.23. The Morgan fingerprint density at radius 2 is 1.76 bits per heavy atom. The number of nitrogens with one attached hydrogen (secondary N) is 1. The van der Waals surface area contributed by atoms with Crippen LogP contribution in [0.15, 0.2) is 54.6 Å². The van der Waals surface area contributed by atoms with Crippen LogP contribution in [-0.2, 0) is 17.6 Å². The molecule has 1 amide bonds. The van der Waals surface area contributed by atoms with Crippen molar-refractivity contribution < 1.29 is 4.79 Å². The van der Waals surface area contributed by atoms with Gasteiger partial charge in [0.1, 0.15) is 0 Å².